The van der Waals surface area contributed by atoms with Crippen LogP contribution in [0.15, 0.2) is 85.9 Å². The van der Waals surface area contributed by atoms with E-state index in [2.05, 4.69) is 32.2 Å². The maximum atomic E-state index is 12.6. The predicted octanol–water partition coefficient (Wildman–Crippen LogP) is 8.84. The lowest BCUT2D eigenvalue weighted by Crippen LogP contribution is -2.09. The third-order valence-corrected chi connectivity index (χ3v) is 11.6. The molecular formula is C39H38N2O8S2. The number of fused-ring (bicyclic) bond motifs is 2. The number of hydrogen-bond acceptors (Lipinski definition) is 8. The van der Waals surface area contributed by atoms with Crippen molar-refractivity contribution in [3.05, 3.63) is 111 Å². The van der Waals surface area contributed by atoms with Gasteiger partial charge in [0.25, 0.3) is 20.2 Å². The number of hydrogen-bond donors (Lipinski definition) is 3. The maximum absolute atomic E-state index is 12.6. The van der Waals surface area contributed by atoms with E-state index in [4.69, 9.17) is 14.1 Å². The molecule has 0 fully saturated rings. The van der Waals surface area contributed by atoms with Crippen LogP contribution in [0.1, 0.15) is 38.9 Å². The van der Waals surface area contributed by atoms with Crippen LogP contribution in [0.3, 0.4) is 0 Å². The van der Waals surface area contributed by atoms with Crippen LogP contribution in [-0.4, -0.2) is 33.1 Å². The first-order valence-corrected chi connectivity index (χ1v) is 18.9. The monoisotopic (exact) mass is 726 g/mol. The number of ether oxygens (including phenoxy) is 1. The molecule has 10 nitrogen and oxygen atoms in total. The minimum absolute atomic E-state index is 0.249. The summed E-state index contributed by atoms with van der Waals surface area (Å²) in [6, 6.07) is 19.0. The van der Waals surface area contributed by atoms with Gasteiger partial charge in [-0.2, -0.15) is 16.8 Å². The minimum Gasteiger partial charge on any atom is -0.496 e. The second-order valence-electron chi connectivity index (χ2n) is 12.8. The van der Waals surface area contributed by atoms with Crippen molar-refractivity contribution in [2.75, 3.05) is 12.4 Å². The van der Waals surface area contributed by atoms with Crippen molar-refractivity contribution in [1.29, 1.82) is 0 Å². The predicted molar refractivity (Wildman–Crippen MR) is 199 cm³/mol. The van der Waals surface area contributed by atoms with Crippen molar-refractivity contribution in [1.82, 2.24) is 0 Å². The molecule has 1 aliphatic heterocycles. The Balaban J connectivity index is 1.66. The molecule has 3 N–H and O–H groups in total. The zero-order valence-electron chi connectivity index (χ0n) is 29.5. The van der Waals surface area contributed by atoms with E-state index in [0.717, 1.165) is 22.5 Å². The molecule has 6 rings (SSSR count). The zero-order chi connectivity index (χ0) is 37.2. The summed E-state index contributed by atoms with van der Waals surface area (Å²) in [6.07, 6.45) is 0. The molecule has 12 heteroatoms. The lowest BCUT2D eigenvalue weighted by molar-refractivity contribution is 0.405. The topological polar surface area (TPSA) is 155 Å². The minimum atomic E-state index is -4.61. The molecule has 0 saturated heterocycles. The summed E-state index contributed by atoms with van der Waals surface area (Å²) in [5, 5.41) is 4.54. The Morgan fingerprint density at radius 3 is 2.08 bits per heavy atom. The smallest absolute Gasteiger partial charge is 0.295 e. The van der Waals surface area contributed by atoms with Crippen LogP contribution in [0.5, 0.6) is 5.75 Å². The molecule has 0 saturated carbocycles. The number of anilines is 2. The molecule has 4 aromatic carbocycles. The fraction of sp³-hybridized carbons (Fsp3) is 0.205. The van der Waals surface area contributed by atoms with Crippen LogP contribution in [0, 0.1) is 48.5 Å². The summed E-state index contributed by atoms with van der Waals surface area (Å²) < 4.78 is 82.4. The van der Waals surface area contributed by atoms with Gasteiger partial charge in [-0.05, 0) is 107 Å². The molecule has 264 valence electrons. The van der Waals surface area contributed by atoms with Gasteiger partial charge in [0.2, 0.25) is 0 Å². The Kier molecular flexibility index (Phi) is 9.09. The molecule has 4 aromatic rings. The summed E-state index contributed by atoms with van der Waals surface area (Å²) >= 11 is 0. The maximum Gasteiger partial charge on any atom is 0.295 e. The van der Waals surface area contributed by atoms with Gasteiger partial charge < -0.3 is 14.5 Å². The highest BCUT2D eigenvalue weighted by Gasteiger charge is 2.26. The highest BCUT2D eigenvalue weighted by molar-refractivity contribution is 7.86. The van der Waals surface area contributed by atoms with Crippen molar-refractivity contribution < 1.29 is 35.1 Å². The van der Waals surface area contributed by atoms with E-state index in [1.165, 1.54) is 24.3 Å². The van der Waals surface area contributed by atoms with E-state index >= 15 is 0 Å². The van der Waals surface area contributed by atoms with Crippen LogP contribution in [0.25, 0.3) is 33.4 Å². The highest BCUT2D eigenvalue weighted by atomic mass is 32.2. The normalized spacial score (nSPS) is 12.5. The number of aryl methyl sites for hydroxylation is 2. The fourth-order valence-corrected chi connectivity index (χ4v) is 8.65. The SMILES string of the molecule is COc1c(C)c(/N=c2\ccc3c(-c4ccccc4S(=O)(=O)O)c4ccc(Nc5c(C)cc(C)c(C)c5C)cc4oc-3c2)c(C)c(S(=O)(=O)O)c1C. The first kappa shape index (κ1) is 35.8. The van der Waals surface area contributed by atoms with Crippen LogP contribution in [0.2, 0.25) is 0 Å². The molecule has 51 heavy (non-hydrogen) atoms. The average molecular weight is 727 g/mol. The summed E-state index contributed by atoms with van der Waals surface area (Å²) in [5.41, 5.74) is 9.47. The molecule has 0 amide bonds. The van der Waals surface area contributed by atoms with E-state index in [0.29, 0.717) is 44.5 Å². The lowest BCUT2D eigenvalue weighted by Gasteiger charge is -2.19. The molecule has 0 atom stereocenters. The number of nitrogens with one attached hydrogen (secondary N) is 1. The van der Waals surface area contributed by atoms with E-state index in [1.54, 1.807) is 57.2 Å². The molecular weight excluding hydrogens is 689 g/mol. The van der Waals surface area contributed by atoms with Gasteiger partial charge in [0, 0.05) is 56.7 Å². The molecule has 0 aromatic heterocycles. The Morgan fingerprint density at radius 1 is 0.706 bits per heavy atom. The lowest BCUT2D eigenvalue weighted by atomic mass is 9.93. The number of benzene rings is 5. The Bertz CT molecular complexity index is 2680. The van der Waals surface area contributed by atoms with Gasteiger partial charge in [0.15, 0.2) is 0 Å². The standard InChI is InChI=1S/C39H38N2O8S2/c1-20-17-21(2)36(23(4)22(20)3)40-27-13-15-29-32(18-27)49-33-19-28(14-16-30(33)35(29)31-11-9-10-12-34(31)50(42,43)44)41-37-24(5)38(48-8)26(7)39(25(37)6)51(45,46)47/h9-19,40H,1-8H3,(H,42,43,44)(H,45,46,47)/b41-28+. The van der Waals surface area contributed by atoms with Crippen molar-refractivity contribution in [3.8, 4) is 28.2 Å². The zero-order valence-corrected chi connectivity index (χ0v) is 31.1. The van der Waals surface area contributed by atoms with Crippen LogP contribution >= 0.6 is 0 Å². The van der Waals surface area contributed by atoms with Crippen molar-refractivity contribution in [3.63, 3.8) is 0 Å². The summed E-state index contributed by atoms with van der Waals surface area (Å²) in [4.78, 5) is 4.26. The van der Waals surface area contributed by atoms with Gasteiger partial charge in [-0.15, -0.1) is 0 Å². The number of rotatable bonds is 7. The van der Waals surface area contributed by atoms with E-state index in [1.807, 2.05) is 25.1 Å². The third kappa shape index (κ3) is 6.40. The Hall–Kier alpha value is -5.01. The van der Waals surface area contributed by atoms with E-state index in [-0.39, 0.29) is 32.2 Å². The molecule has 0 unspecified atom stereocenters. The Morgan fingerprint density at radius 2 is 1.41 bits per heavy atom. The summed E-state index contributed by atoms with van der Waals surface area (Å²) in [7, 11) is -7.81. The van der Waals surface area contributed by atoms with Gasteiger partial charge in [0.05, 0.1) is 18.2 Å². The van der Waals surface area contributed by atoms with E-state index < -0.39 is 20.2 Å². The van der Waals surface area contributed by atoms with Gasteiger partial charge in [0.1, 0.15) is 26.9 Å². The quantitative estimate of drug-likeness (QED) is 0.108. The second-order valence-corrected chi connectivity index (χ2v) is 15.5. The molecule has 0 spiro atoms. The number of methoxy groups -OCH3 is 1. The van der Waals surface area contributed by atoms with Crippen LogP contribution in [-0.2, 0) is 20.2 Å². The van der Waals surface area contributed by atoms with Crippen molar-refractivity contribution in [2.24, 2.45) is 4.99 Å². The molecule has 0 radical (unpaired) electrons. The fourth-order valence-electron chi connectivity index (χ4n) is 6.99. The highest BCUT2D eigenvalue weighted by Crippen LogP contribution is 2.44. The largest absolute Gasteiger partial charge is 0.496 e. The third-order valence-electron chi connectivity index (χ3n) is 9.54. The summed E-state index contributed by atoms with van der Waals surface area (Å²) in [5.74, 6) is 0.630. The van der Waals surface area contributed by atoms with E-state index in [9.17, 15) is 25.9 Å². The first-order chi connectivity index (χ1) is 23.9. The van der Waals surface area contributed by atoms with Crippen molar-refractivity contribution in [2.45, 2.75) is 58.3 Å². The van der Waals surface area contributed by atoms with Crippen molar-refractivity contribution >= 4 is 48.3 Å². The van der Waals surface area contributed by atoms with Crippen LogP contribution in [0.4, 0.5) is 17.1 Å². The van der Waals surface area contributed by atoms with Gasteiger partial charge in [-0.25, -0.2) is 4.99 Å². The Labute approximate surface area is 297 Å². The molecule has 1 heterocycles. The molecule has 2 aliphatic rings. The molecule has 1 aliphatic carbocycles. The number of nitrogens with zero attached hydrogens (tertiary/aromatic N) is 1. The average Bonchev–Trinajstić information content (AvgIpc) is 3.05. The van der Waals surface area contributed by atoms with Gasteiger partial charge in [-0.1, -0.05) is 24.3 Å². The summed E-state index contributed by atoms with van der Waals surface area (Å²) in [6.45, 7) is 13.2. The van der Waals surface area contributed by atoms with Gasteiger partial charge in [-0.3, -0.25) is 9.11 Å². The van der Waals surface area contributed by atoms with Crippen LogP contribution < -0.4 is 15.4 Å². The first-order valence-electron chi connectivity index (χ1n) is 16.0. The van der Waals surface area contributed by atoms with Gasteiger partial charge >= 0.3 is 0 Å². The molecule has 0 bridgehead atoms. The second kappa shape index (κ2) is 13.0.